The van der Waals surface area contributed by atoms with Crippen molar-refractivity contribution >= 4 is 22.3 Å². The minimum atomic E-state index is -0.922. The molecule has 3 N–H and O–H groups in total. The Morgan fingerprint density at radius 2 is 2.03 bits per heavy atom. The molecule has 0 bridgehead atoms. The van der Waals surface area contributed by atoms with Crippen LogP contribution in [0.1, 0.15) is 45.6 Å². The van der Waals surface area contributed by atoms with Gasteiger partial charge >= 0.3 is 0 Å². The fourth-order valence-electron chi connectivity index (χ4n) is 4.68. The largest absolute Gasteiger partial charge is 0.401 e. The number of nitrogens with zero attached hydrogens (tertiary/aromatic N) is 3. The second kappa shape index (κ2) is 12.4. The summed E-state index contributed by atoms with van der Waals surface area (Å²) in [5.74, 6) is 0.579. The molecule has 0 spiro atoms. The normalized spacial score (nSPS) is 22.9. The summed E-state index contributed by atoms with van der Waals surface area (Å²) in [6.07, 6.45) is 14.7. The van der Waals surface area contributed by atoms with E-state index in [9.17, 15) is 9.32 Å². The van der Waals surface area contributed by atoms with Gasteiger partial charge in [0.2, 0.25) is 0 Å². The molecular formula is C28H38N4O2S. The van der Waals surface area contributed by atoms with Gasteiger partial charge in [-0.05, 0) is 67.4 Å². The summed E-state index contributed by atoms with van der Waals surface area (Å²) in [7, 11) is -0.922. The Bertz CT molecular complexity index is 1100. The maximum Gasteiger partial charge on any atom is 0.0910 e. The number of hydrogen-bond donors (Lipinski definition) is 2. The third-order valence-corrected chi connectivity index (χ3v) is 7.71. The molecule has 35 heavy (non-hydrogen) atoms. The van der Waals surface area contributed by atoms with Gasteiger partial charge in [0.15, 0.2) is 0 Å². The molecule has 188 valence electrons. The van der Waals surface area contributed by atoms with Gasteiger partial charge in [0, 0.05) is 54.6 Å². The molecular weight excluding hydrogens is 456 g/mol. The Kier molecular flexibility index (Phi) is 9.55. The van der Waals surface area contributed by atoms with Crippen LogP contribution in [0.3, 0.4) is 0 Å². The molecule has 7 heteroatoms. The van der Waals surface area contributed by atoms with Crippen LogP contribution in [-0.4, -0.2) is 50.3 Å². The summed E-state index contributed by atoms with van der Waals surface area (Å²) in [6.45, 7) is 11.9. The highest BCUT2D eigenvalue weighted by Gasteiger charge is 2.26. The Morgan fingerprint density at radius 1 is 1.31 bits per heavy atom. The highest BCUT2D eigenvalue weighted by Crippen LogP contribution is 2.38. The van der Waals surface area contributed by atoms with Crippen LogP contribution in [0.2, 0.25) is 0 Å². The molecule has 1 aliphatic carbocycles. The Balaban J connectivity index is 1.98. The number of piperidine rings is 1. The van der Waals surface area contributed by atoms with Gasteiger partial charge in [-0.25, -0.2) is 8.51 Å². The number of allylic oxidation sites excluding steroid dienone is 7. The topological polar surface area (TPSA) is 91.8 Å². The minimum absolute atomic E-state index is 0.116. The van der Waals surface area contributed by atoms with Gasteiger partial charge in [0.1, 0.15) is 0 Å². The van der Waals surface area contributed by atoms with E-state index in [2.05, 4.69) is 42.8 Å². The zero-order valence-electron chi connectivity index (χ0n) is 21.3. The van der Waals surface area contributed by atoms with Crippen LogP contribution in [0, 0.1) is 11.8 Å². The molecule has 2 aliphatic rings. The van der Waals surface area contributed by atoms with E-state index in [4.69, 9.17) is 10.7 Å². The lowest BCUT2D eigenvalue weighted by molar-refractivity contribution is 0.283. The molecule has 1 aromatic rings. The molecule has 1 fully saturated rings. The summed E-state index contributed by atoms with van der Waals surface area (Å²) in [6, 6.07) is 4.00. The van der Waals surface area contributed by atoms with Crippen molar-refractivity contribution in [3.8, 4) is 0 Å². The van der Waals surface area contributed by atoms with E-state index >= 15 is 0 Å². The predicted octanol–water partition coefficient (Wildman–Crippen LogP) is 4.56. The number of hydrogen-bond acceptors (Lipinski definition) is 5. The third-order valence-electron chi connectivity index (χ3n) is 6.61. The molecule has 1 saturated heterocycles. The smallest absolute Gasteiger partial charge is 0.0910 e. The van der Waals surface area contributed by atoms with E-state index in [-0.39, 0.29) is 12.5 Å². The van der Waals surface area contributed by atoms with Crippen LogP contribution in [-0.2, 0) is 11.0 Å². The third kappa shape index (κ3) is 6.97. The molecule has 1 aliphatic heterocycles. The predicted molar refractivity (Wildman–Crippen MR) is 147 cm³/mol. The van der Waals surface area contributed by atoms with Gasteiger partial charge in [-0.3, -0.25) is 9.98 Å². The van der Waals surface area contributed by atoms with Crippen molar-refractivity contribution in [2.45, 2.75) is 40.0 Å². The molecule has 0 saturated carbocycles. The molecule has 2 unspecified atom stereocenters. The molecule has 2 heterocycles. The number of pyridine rings is 1. The van der Waals surface area contributed by atoms with E-state index in [0.717, 1.165) is 60.2 Å². The number of rotatable bonds is 8. The standard InChI is InChI=1S/C28H38N4O2S/c1-19-16-24(25-7-6-12-30-17-25)8-9-26(19)27(28(22(4)29)31-21(3)18-33)20(2)15-23-10-13-32(14-11-23)35(5)34/h6-9,12,16-17,19,23,33H,2,10-11,13-15,18,29H2,1,3-5H3/b27-26-,28-22-,31-21?. The van der Waals surface area contributed by atoms with Crippen molar-refractivity contribution in [3.05, 3.63) is 83.0 Å². The second-order valence-electron chi connectivity index (χ2n) is 9.46. The van der Waals surface area contributed by atoms with Gasteiger partial charge in [0.05, 0.1) is 23.3 Å². The van der Waals surface area contributed by atoms with Crippen molar-refractivity contribution < 1.29 is 9.32 Å². The average Bonchev–Trinajstić information content (AvgIpc) is 2.85. The molecule has 2 atom stereocenters. The summed E-state index contributed by atoms with van der Waals surface area (Å²) in [4.78, 5) is 8.97. The first kappa shape index (κ1) is 27.0. The highest BCUT2D eigenvalue weighted by atomic mass is 32.2. The Morgan fingerprint density at radius 3 is 2.57 bits per heavy atom. The maximum atomic E-state index is 11.8. The Hall–Kier alpha value is -2.61. The summed E-state index contributed by atoms with van der Waals surface area (Å²) >= 11 is 0. The van der Waals surface area contributed by atoms with Gasteiger partial charge in [-0.2, -0.15) is 0 Å². The van der Waals surface area contributed by atoms with E-state index in [1.807, 2.05) is 23.5 Å². The number of aliphatic imine (C=N–C) groups is 1. The van der Waals surface area contributed by atoms with Crippen molar-refractivity contribution in [2.75, 3.05) is 26.0 Å². The maximum absolute atomic E-state index is 11.8. The fraction of sp³-hybridized carbons (Fsp3) is 0.429. The average molecular weight is 495 g/mol. The van der Waals surface area contributed by atoms with E-state index < -0.39 is 11.0 Å². The van der Waals surface area contributed by atoms with Crippen LogP contribution in [0.25, 0.3) is 5.57 Å². The fourth-order valence-corrected chi connectivity index (χ4v) is 5.40. The Labute approximate surface area is 212 Å². The van der Waals surface area contributed by atoms with Crippen LogP contribution in [0.15, 0.2) is 82.4 Å². The second-order valence-corrected chi connectivity index (χ2v) is 10.8. The van der Waals surface area contributed by atoms with Crippen LogP contribution in [0.4, 0.5) is 0 Å². The first-order valence-corrected chi connectivity index (χ1v) is 13.7. The quantitative estimate of drug-likeness (QED) is 0.518. The SMILES string of the molecule is C=C(CC1CCN(S(C)=O)CC1)C(/C(N=C(C)CO)=C(\C)N)=C1\C=CC(c2cccnc2)=CC1C. The molecule has 0 amide bonds. The van der Waals surface area contributed by atoms with Crippen molar-refractivity contribution in [3.63, 3.8) is 0 Å². The molecule has 6 nitrogen and oxygen atoms in total. The lowest BCUT2D eigenvalue weighted by atomic mass is 9.81. The number of aliphatic hydroxyl groups is 1. The first-order valence-electron chi connectivity index (χ1n) is 12.1. The first-order chi connectivity index (χ1) is 16.7. The zero-order valence-corrected chi connectivity index (χ0v) is 22.1. The molecule has 0 aromatic carbocycles. The van der Waals surface area contributed by atoms with Crippen molar-refractivity contribution in [2.24, 2.45) is 22.6 Å². The van der Waals surface area contributed by atoms with Crippen molar-refractivity contribution in [1.82, 2.24) is 9.29 Å². The van der Waals surface area contributed by atoms with Crippen LogP contribution < -0.4 is 5.73 Å². The molecule has 1 aromatic heterocycles. The van der Waals surface area contributed by atoms with Crippen LogP contribution in [0.5, 0.6) is 0 Å². The van der Waals surface area contributed by atoms with E-state index in [1.54, 1.807) is 19.4 Å². The van der Waals surface area contributed by atoms with Gasteiger partial charge in [-0.1, -0.05) is 37.8 Å². The van der Waals surface area contributed by atoms with Gasteiger partial charge in [-0.15, -0.1) is 0 Å². The van der Waals surface area contributed by atoms with E-state index in [0.29, 0.717) is 23.0 Å². The molecule has 3 rings (SSSR count). The van der Waals surface area contributed by atoms with Crippen LogP contribution >= 0.6 is 0 Å². The lowest BCUT2D eigenvalue weighted by Gasteiger charge is -2.31. The van der Waals surface area contributed by atoms with E-state index in [1.165, 1.54) is 0 Å². The number of nitrogens with two attached hydrogens (primary N) is 1. The zero-order chi connectivity index (χ0) is 25.5. The van der Waals surface area contributed by atoms with Gasteiger partial charge < -0.3 is 10.8 Å². The van der Waals surface area contributed by atoms with Crippen molar-refractivity contribution in [1.29, 1.82) is 0 Å². The number of aromatic nitrogens is 1. The van der Waals surface area contributed by atoms with Gasteiger partial charge in [0.25, 0.3) is 0 Å². The lowest BCUT2D eigenvalue weighted by Crippen LogP contribution is -2.34. The summed E-state index contributed by atoms with van der Waals surface area (Å²) in [5, 5.41) is 9.65. The number of aliphatic hydroxyl groups excluding tert-OH is 1. The minimum Gasteiger partial charge on any atom is -0.401 e. The summed E-state index contributed by atoms with van der Waals surface area (Å²) < 4.78 is 13.9. The monoisotopic (exact) mass is 494 g/mol. The highest BCUT2D eigenvalue weighted by molar-refractivity contribution is 7.81. The summed E-state index contributed by atoms with van der Waals surface area (Å²) in [5.41, 5.74) is 13.5. The molecule has 0 radical (unpaired) electrons.